The molecule has 7 heteroatoms. The maximum absolute atomic E-state index is 6.34. The summed E-state index contributed by atoms with van der Waals surface area (Å²) in [5.41, 5.74) is 8.27. The number of aromatic nitrogens is 2. The predicted molar refractivity (Wildman–Crippen MR) is 106 cm³/mol. The van der Waals surface area contributed by atoms with Crippen LogP contribution < -0.4 is 16.0 Å². The molecule has 1 aliphatic heterocycles. The van der Waals surface area contributed by atoms with Crippen LogP contribution in [0, 0.1) is 0 Å². The summed E-state index contributed by atoms with van der Waals surface area (Å²) in [6, 6.07) is 14.3. The first kappa shape index (κ1) is 17.4. The van der Waals surface area contributed by atoms with Gasteiger partial charge in [-0.3, -0.25) is 4.90 Å². The van der Waals surface area contributed by atoms with E-state index in [0.717, 1.165) is 44.3 Å². The molecule has 3 N–H and O–H groups in total. The lowest BCUT2D eigenvalue weighted by molar-refractivity contribution is 0.249. The second kappa shape index (κ2) is 8.09. The number of nitrogens with zero attached hydrogens (tertiary/aromatic N) is 4. The van der Waals surface area contributed by atoms with E-state index in [1.165, 1.54) is 5.56 Å². The fraction of sp³-hybridized carbons (Fsp3) is 0.300. The zero-order valence-electron chi connectivity index (χ0n) is 15.2. The number of benzene rings is 1. The number of hydrogen-bond donors (Lipinski definition) is 2. The average Bonchev–Trinajstić information content (AvgIpc) is 3.22. The van der Waals surface area contributed by atoms with Gasteiger partial charge in [0, 0.05) is 32.7 Å². The minimum Gasteiger partial charge on any atom is -0.467 e. The number of furan rings is 1. The number of anilines is 3. The van der Waals surface area contributed by atoms with E-state index >= 15 is 0 Å². The van der Waals surface area contributed by atoms with Crippen molar-refractivity contribution in [3.63, 3.8) is 0 Å². The van der Waals surface area contributed by atoms with E-state index in [1.807, 2.05) is 12.1 Å². The fourth-order valence-corrected chi connectivity index (χ4v) is 3.32. The SMILES string of the molecule is Nc1c(NCc2ccco2)ncnc1N1CCN(Cc2ccccc2)CC1. The Morgan fingerprint density at radius 2 is 1.81 bits per heavy atom. The van der Waals surface area contributed by atoms with Crippen molar-refractivity contribution in [2.45, 2.75) is 13.1 Å². The minimum absolute atomic E-state index is 0.540. The largest absolute Gasteiger partial charge is 0.467 e. The molecule has 1 fully saturated rings. The van der Waals surface area contributed by atoms with Crippen molar-refractivity contribution in [1.29, 1.82) is 0 Å². The van der Waals surface area contributed by atoms with Crippen LogP contribution in [-0.4, -0.2) is 41.0 Å². The maximum Gasteiger partial charge on any atom is 0.157 e. The van der Waals surface area contributed by atoms with E-state index in [4.69, 9.17) is 10.2 Å². The lowest BCUT2D eigenvalue weighted by Crippen LogP contribution is -2.46. The monoisotopic (exact) mass is 364 g/mol. The smallest absolute Gasteiger partial charge is 0.157 e. The summed E-state index contributed by atoms with van der Waals surface area (Å²) in [4.78, 5) is 13.4. The number of piperazine rings is 1. The normalized spacial score (nSPS) is 15.0. The van der Waals surface area contributed by atoms with Gasteiger partial charge in [-0.15, -0.1) is 0 Å². The molecule has 27 heavy (non-hydrogen) atoms. The third-order valence-corrected chi connectivity index (χ3v) is 4.79. The van der Waals surface area contributed by atoms with E-state index in [1.54, 1.807) is 12.6 Å². The Labute approximate surface area is 158 Å². The second-order valence-corrected chi connectivity index (χ2v) is 6.64. The van der Waals surface area contributed by atoms with Crippen LogP contribution in [0.1, 0.15) is 11.3 Å². The molecule has 4 rings (SSSR count). The van der Waals surface area contributed by atoms with E-state index < -0.39 is 0 Å². The molecule has 1 aromatic carbocycles. The third-order valence-electron chi connectivity index (χ3n) is 4.79. The zero-order valence-corrected chi connectivity index (χ0v) is 15.2. The van der Waals surface area contributed by atoms with Gasteiger partial charge in [0.2, 0.25) is 0 Å². The summed E-state index contributed by atoms with van der Waals surface area (Å²) < 4.78 is 5.34. The Balaban J connectivity index is 1.37. The van der Waals surface area contributed by atoms with E-state index in [-0.39, 0.29) is 0 Å². The molecule has 0 radical (unpaired) electrons. The van der Waals surface area contributed by atoms with E-state index in [9.17, 15) is 0 Å². The second-order valence-electron chi connectivity index (χ2n) is 6.64. The van der Waals surface area contributed by atoms with Gasteiger partial charge < -0.3 is 20.4 Å². The molecule has 3 aromatic rings. The Hall–Kier alpha value is -3.06. The molecule has 0 saturated carbocycles. The lowest BCUT2D eigenvalue weighted by atomic mass is 10.2. The Kier molecular flexibility index (Phi) is 5.20. The molecule has 0 amide bonds. The molecular weight excluding hydrogens is 340 g/mol. The molecule has 7 nitrogen and oxygen atoms in total. The van der Waals surface area contributed by atoms with E-state index in [0.29, 0.717) is 18.1 Å². The number of nitrogens with two attached hydrogens (primary N) is 1. The van der Waals surface area contributed by atoms with Crippen molar-refractivity contribution in [2.75, 3.05) is 42.1 Å². The highest BCUT2D eigenvalue weighted by atomic mass is 16.3. The number of nitrogens with one attached hydrogen (secondary N) is 1. The molecule has 0 unspecified atom stereocenters. The standard InChI is InChI=1S/C20H24N6O/c21-18-19(22-13-17-7-4-12-27-17)23-15-24-20(18)26-10-8-25(9-11-26)14-16-5-2-1-3-6-16/h1-7,12,15H,8-11,13-14,21H2,(H,22,23,24). The van der Waals surface area contributed by atoms with Crippen molar-refractivity contribution in [1.82, 2.24) is 14.9 Å². The lowest BCUT2D eigenvalue weighted by Gasteiger charge is -2.36. The van der Waals surface area contributed by atoms with Gasteiger partial charge in [0.25, 0.3) is 0 Å². The molecule has 0 atom stereocenters. The summed E-state index contributed by atoms with van der Waals surface area (Å²) in [6.07, 6.45) is 3.22. The first-order chi connectivity index (χ1) is 13.3. The molecule has 140 valence electrons. The van der Waals surface area contributed by atoms with Gasteiger partial charge in [-0.05, 0) is 17.7 Å². The quantitative estimate of drug-likeness (QED) is 0.695. The van der Waals surface area contributed by atoms with Crippen molar-refractivity contribution in [3.05, 3.63) is 66.4 Å². The highest BCUT2D eigenvalue weighted by molar-refractivity contribution is 5.75. The van der Waals surface area contributed by atoms with Crippen LogP contribution in [0.2, 0.25) is 0 Å². The average molecular weight is 364 g/mol. The molecule has 1 saturated heterocycles. The van der Waals surface area contributed by atoms with Gasteiger partial charge in [-0.1, -0.05) is 30.3 Å². The Bertz CT molecular complexity index is 844. The van der Waals surface area contributed by atoms with Gasteiger partial charge in [-0.2, -0.15) is 0 Å². The minimum atomic E-state index is 0.540. The molecule has 3 heterocycles. The van der Waals surface area contributed by atoms with E-state index in [2.05, 4.69) is 55.4 Å². The van der Waals surface area contributed by atoms with Crippen LogP contribution >= 0.6 is 0 Å². The van der Waals surface area contributed by atoms with Gasteiger partial charge >= 0.3 is 0 Å². The van der Waals surface area contributed by atoms with Crippen molar-refractivity contribution in [2.24, 2.45) is 0 Å². The van der Waals surface area contributed by atoms with Crippen LogP contribution in [-0.2, 0) is 13.1 Å². The molecule has 0 spiro atoms. The fourth-order valence-electron chi connectivity index (χ4n) is 3.32. The number of nitrogen functional groups attached to an aromatic ring is 1. The van der Waals surface area contributed by atoms with Crippen LogP contribution in [0.3, 0.4) is 0 Å². The molecule has 0 bridgehead atoms. The molecule has 1 aliphatic rings. The van der Waals surface area contributed by atoms with Crippen LogP contribution in [0.15, 0.2) is 59.5 Å². The molecular formula is C20H24N6O. The Morgan fingerprint density at radius 3 is 2.56 bits per heavy atom. The molecule has 0 aliphatic carbocycles. The number of rotatable bonds is 6. The maximum atomic E-state index is 6.34. The summed E-state index contributed by atoms with van der Waals surface area (Å²) in [6.45, 7) is 5.26. The van der Waals surface area contributed by atoms with Crippen LogP contribution in [0.4, 0.5) is 17.3 Å². The summed E-state index contributed by atoms with van der Waals surface area (Å²) in [5, 5.41) is 3.23. The van der Waals surface area contributed by atoms with Gasteiger partial charge in [0.05, 0.1) is 12.8 Å². The highest BCUT2D eigenvalue weighted by Gasteiger charge is 2.21. The van der Waals surface area contributed by atoms with Gasteiger partial charge in [-0.25, -0.2) is 9.97 Å². The summed E-state index contributed by atoms with van der Waals surface area (Å²) >= 11 is 0. The van der Waals surface area contributed by atoms with Crippen molar-refractivity contribution < 1.29 is 4.42 Å². The first-order valence-electron chi connectivity index (χ1n) is 9.17. The topological polar surface area (TPSA) is 83.4 Å². The predicted octanol–water partition coefficient (Wildman–Crippen LogP) is 2.59. The van der Waals surface area contributed by atoms with Crippen LogP contribution in [0.25, 0.3) is 0 Å². The zero-order chi connectivity index (χ0) is 18.5. The molecule has 2 aromatic heterocycles. The number of hydrogen-bond acceptors (Lipinski definition) is 7. The van der Waals surface area contributed by atoms with Gasteiger partial charge in [0.1, 0.15) is 17.8 Å². The van der Waals surface area contributed by atoms with Crippen LogP contribution in [0.5, 0.6) is 0 Å². The highest BCUT2D eigenvalue weighted by Crippen LogP contribution is 2.27. The first-order valence-corrected chi connectivity index (χ1v) is 9.17. The van der Waals surface area contributed by atoms with Crippen molar-refractivity contribution in [3.8, 4) is 0 Å². The summed E-state index contributed by atoms with van der Waals surface area (Å²) in [7, 11) is 0. The Morgan fingerprint density at radius 1 is 1.00 bits per heavy atom. The third kappa shape index (κ3) is 4.20. The van der Waals surface area contributed by atoms with Gasteiger partial charge in [0.15, 0.2) is 11.6 Å². The van der Waals surface area contributed by atoms with Crippen molar-refractivity contribution >= 4 is 17.3 Å². The summed E-state index contributed by atoms with van der Waals surface area (Å²) in [5.74, 6) is 2.28.